The SMILES string of the molecule is Cc1cc(C)c(S(=O)(=O)NC(C(=Cc2ccccc2)C(C)C)c2ccccc2)c(C)c1. The molecule has 1 atom stereocenters. The summed E-state index contributed by atoms with van der Waals surface area (Å²) in [6, 6.07) is 23.2. The van der Waals surface area contributed by atoms with Crippen molar-refractivity contribution in [2.45, 2.75) is 45.6 Å². The summed E-state index contributed by atoms with van der Waals surface area (Å²) in [6.07, 6.45) is 2.10. The van der Waals surface area contributed by atoms with E-state index in [9.17, 15) is 8.42 Å². The largest absolute Gasteiger partial charge is 0.241 e. The van der Waals surface area contributed by atoms with Crippen LogP contribution in [0.3, 0.4) is 0 Å². The first-order valence-electron chi connectivity index (χ1n) is 10.6. The van der Waals surface area contributed by atoms with Gasteiger partial charge in [0.05, 0.1) is 10.9 Å². The molecular weight excluding hydrogens is 402 g/mol. The highest BCUT2D eigenvalue weighted by atomic mass is 32.2. The molecule has 0 aliphatic carbocycles. The Bertz CT molecular complexity index is 1140. The van der Waals surface area contributed by atoms with Gasteiger partial charge in [-0.15, -0.1) is 0 Å². The molecule has 0 spiro atoms. The van der Waals surface area contributed by atoms with Crippen LogP contribution < -0.4 is 4.72 Å². The van der Waals surface area contributed by atoms with Crippen molar-refractivity contribution < 1.29 is 8.42 Å². The molecule has 0 radical (unpaired) electrons. The van der Waals surface area contributed by atoms with Crippen LogP contribution in [0.15, 0.2) is 83.3 Å². The highest BCUT2D eigenvalue weighted by molar-refractivity contribution is 7.89. The molecule has 3 nitrogen and oxygen atoms in total. The standard InChI is InChI=1S/C27H31NO2S/c1-19(2)25(18-23-12-8-6-9-13-23)26(24-14-10-7-11-15-24)28-31(29,30)27-21(4)16-20(3)17-22(27)5/h6-19,26,28H,1-5H3. The fraction of sp³-hybridized carbons (Fsp3) is 0.259. The van der Waals surface area contributed by atoms with E-state index in [1.54, 1.807) is 0 Å². The van der Waals surface area contributed by atoms with Gasteiger partial charge in [0.1, 0.15) is 0 Å². The summed E-state index contributed by atoms with van der Waals surface area (Å²) >= 11 is 0. The molecule has 0 amide bonds. The third-order valence-electron chi connectivity index (χ3n) is 5.41. The maximum absolute atomic E-state index is 13.6. The van der Waals surface area contributed by atoms with Gasteiger partial charge in [0.2, 0.25) is 10.0 Å². The fourth-order valence-electron chi connectivity index (χ4n) is 4.10. The van der Waals surface area contributed by atoms with Crippen LogP contribution in [-0.4, -0.2) is 8.42 Å². The molecule has 1 N–H and O–H groups in total. The molecule has 0 saturated heterocycles. The molecular formula is C27H31NO2S. The Labute approximate surface area is 186 Å². The zero-order valence-corrected chi connectivity index (χ0v) is 19.7. The second kappa shape index (κ2) is 9.63. The van der Waals surface area contributed by atoms with Crippen molar-refractivity contribution in [3.63, 3.8) is 0 Å². The molecule has 0 saturated carbocycles. The minimum Gasteiger partial charge on any atom is -0.207 e. The third-order valence-corrected chi connectivity index (χ3v) is 7.14. The molecule has 0 aromatic heterocycles. The van der Waals surface area contributed by atoms with E-state index in [1.165, 1.54) is 0 Å². The van der Waals surface area contributed by atoms with Crippen LogP contribution in [0.4, 0.5) is 0 Å². The first-order valence-corrected chi connectivity index (χ1v) is 12.1. The Morgan fingerprint density at radius 1 is 0.839 bits per heavy atom. The molecule has 0 aliphatic rings. The summed E-state index contributed by atoms with van der Waals surface area (Å²) in [5, 5.41) is 0. The summed E-state index contributed by atoms with van der Waals surface area (Å²) in [5.41, 5.74) is 5.56. The van der Waals surface area contributed by atoms with Crippen molar-refractivity contribution in [1.29, 1.82) is 0 Å². The summed E-state index contributed by atoms with van der Waals surface area (Å²) in [6.45, 7) is 9.89. The van der Waals surface area contributed by atoms with Crippen molar-refractivity contribution in [3.8, 4) is 0 Å². The minimum atomic E-state index is -3.75. The predicted molar refractivity (Wildman–Crippen MR) is 129 cm³/mol. The number of nitrogens with one attached hydrogen (secondary N) is 1. The van der Waals surface area contributed by atoms with Crippen molar-refractivity contribution in [2.24, 2.45) is 5.92 Å². The lowest BCUT2D eigenvalue weighted by atomic mass is 9.89. The summed E-state index contributed by atoms with van der Waals surface area (Å²) in [5.74, 6) is 0.147. The lowest BCUT2D eigenvalue weighted by molar-refractivity contribution is 0.558. The summed E-state index contributed by atoms with van der Waals surface area (Å²) in [4.78, 5) is 0.363. The number of aryl methyl sites for hydroxylation is 3. The van der Waals surface area contributed by atoms with Crippen LogP contribution >= 0.6 is 0 Å². The normalized spacial score (nSPS) is 13.4. The molecule has 3 rings (SSSR count). The fourth-order valence-corrected chi connectivity index (χ4v) is 5.77. The quantitative estimate of drug-likeness (QED) is 0.470. The van der Waals surface area contributed by atoms with E-state index in [1.807, 2.05) is 93.6 Å². The van der Waals surface area contributed by atoms with E-state index in [2.05, 4.69) is 24.6 Å². The maximum Gasteiger partial charge on any atom is 0.241 e. The van der Waals surface area contributed by atoms with E-state index >= 15 is 0 Å². The Balaban J connectivity index is 2.13. The Kier molecular flexibility index (Phi) is 7.14. The van der Waals surface area contributed by atoms with Gasteiger partial charge in [0.15, 0.2) is 0 Å². The van der Waals surface area contributed by atoms with Crippen molar-refractivity contribution >= 4 is 16.1 Å². The van der Waals surface area contributed by atoms with E-state index < -0.39 is 16.1 Å². The first-order chi connectivity index (χ1) is 14.7. The summed E-state index contributed by atoms with van der Waals surface area (Å²) < 4.78 is 30.3. The predicted octanol–water partition coefficient (Wildman–Crippen LogP) is 6.37. The van der Waals surface area contributed by atoms with E-state index in [0.29, 0.717) is 4.90 Å². The molecule has 4 heteroatoms. The first kappa shape index (κ1) is 23.0. The number of rotatable bonds is 7. The smallest absolute Gasteiger partial charge is 0.207 e. The molecule has 0 aliphatic heterocycles. The van der Waals surface area contributed by atoms with Crippen LogP contribution in [0, 0.1) is 26.7 Å². The van der Waals surface area contributed by atoms with Gasteiger partial charge in [-0.25, -0.2) is 8.42 Å². The molecule has 31 heavy (non-hydrogen) atoms. The van der Waals surface area contributed by atoms with E-state index in [0.717, 1.165) is 33.4 Å². The lowest BCUT2D eigenvalue weighted by Gasteiger charge is -2.26. The Hall–Kier alpha value is -2.69. The zero-order chi connectivity index (χ0) is 22.6. The number of hydrogen-bond donors (Lipinski definition) is 1. The number of hydrogen-bond acceptors (Lipinski definition) is 2. The zero-order valence-electron chi connectivity index (χ0n) is 18.9. The van der Waals surface area contributed by atoms with Crippen LogP contribution in [0.25, 0.3) is 6.08 Å². The van der Waals surface area contributed by atoms with Crippen molar-refractivity contribution in [2.75, 3.05) is 0 Å². The molecule has 3 aromatic rings. The van der Waals surface area contributed by atoms with Gasteiger partial charge in [0.25, 0.3) is 0 Å². The van der Waals surface area contributed by atoms with Gasteiger partial charge >= 0.3 is 0 Å². The van der Waals surface area contributed by atoms with Gasteiger partial charge in [-0.05, 0) is 54.5 Å². The van der Waals surface area contributed by atoms with Gasteiger partial charge < -0.3 is 0 Å². The van der Waals surface area contributed by atoms with Gasteiger partial charge in [-0.3, -0.25) is 0 Å². The third kappa shape index (κ3) is 5.52. The molecule has 162 valence electrons. The van der Waals surface area contributed by atoms with E-state index in [-0.39, 0.29) is 5.92 Å². The topological polar surface area (TPSA) is 46.2 Å². The average molecular weight is 434 g/mol. The Morgan fingerprint density at radius 3 is 1.87 bits per heavy atom. The van der Waals surface area contributed by atoms with Crippen LogP contribution in [0.5, 0.6) is 0 Å². The molecule has 0 bridgehead atoms. The number of benzene rings is 3. The van der Waals surface area contributed by atoms with Crippen LogP contribution in [0.1, 0.15) is 47.7 Å². The number of sulfonamides is 1. The maximum atomic E-state index is 13.6. The minimum absolute atomic E-state index is 0.147. The van der Waals surface area contributed by atoms with Crippen LogP contribution in [-0.2, 0) is 10.0 Å². The lowest BCUT2D eigenvalue weighted by Crippen LogP contribution is -2.32. The second-order valence-corrected chi connectivity index (χ2v) is 10.1. The van der Waals surface area contributed by atoms with Crippen molar-refractivity contribution in [3.05, 3.63) is 106 Å². The average Bonchev–Trinajstić information content (AvgIpc) is 2.71. The van der Waals surface area contributed by atoms with Crippen molar-refractivity contribution in [1.82, 2.24) is 4.72 Å². The van der Waals surface area contributed by atoms with Gasteiger partial charge in [-0.2, -0.15) is 4.72 Å². The molecule has 0 heterocycles. The van der Waals surface area contributed by atoms with Crippen LogP contribution in [0.2, 0.25) is 0 Å². The highest BCUT2D eigenvalue weighted by Crippen LogP contribution is 2.32. The molecule has 0 fully saturated rings. The second-order valence-electron chi connectivity index (χ2n) is 8.40. The monoisotopic (exact) mass is 433 g/mol. The Morgan fingerprint density at radius 2 is 1.35 bits per heavy atom. The van der Waals surface area contributed by atoms with E-state index in [4.69, 9.17) is 0 Å². The summed E-state index contributed by atoms with van der Waals surface area (Å²) in [7, 11) is -3.75. The highest BCUT2D eigenvalue weighted by Gasteiger charge is 2.28. The van der Waals surface area contributed by atoms with Gasteiger partial charge in [0, 0.05) is 0 Å². The molecule has 3 aromatic carbocycles. The molecule has 1 unspecified atom stereocenters. The van der Waals surface area contributed by atoms with Gasteiger partial charge in [-0.1, -0.05) is 98.3 Å².